The van der Waals surface area contributed by atoms with Gasteiger partial charge in [0.15, 0.2) is 0 Å². The number of hydrogen-bond donors (Lipinski definition) is 1. The first-order chi connectivity index (χ1) is 5.19. The van der Waals surface area contributed by atoms with Crippen LogP contribution in [0.5, 0.6) is 0 Å². The Kier molecular flexibility index (Phi) is 2.49. The van der Waals surface area contributed by atoms with E-state index in [1.165, 1.54) is 0 Å². The fourth-order valence-corrected chi connectivity index (χ4v) is 1.10. The van der Waals surface area contributed by atoms with E-state index in [0.29, 0.717) is 6.61 Å². The lowest BCUT2D eigenvalue weighted by molar-refractivity contribution is -0.153. The zero-order valence-corrected chi connectivity index (χ0v) is 6.93. The second-order valence-electron chi connectivity index (χ2n) is 3.15. The zero-order valence-electron chi connectivity index (χ0n) is 6.93. The van der Waals surface area contributed by atoms with Crippen LogP contribution in [-0.2, 0) is 9.53 Å². The highest BCUT2D eigenvalue weighted by Crippen LogP contribution is 2.30. The molecule has 3 heteroatoms. The van der Waals surface area contributed by atoms with E-state index >= 15 is 0 Å². The summed E-state index contributed by atoms with van der Waals surface area (Å²) in [6.07, 6.45) is 3.49. The molecule has 0 aromatic rings. The fourth-order valence-electron chi connectivity index (χ4n) is 1.10. The van der Waals surface area contributed by atoms with Crippen LogP contribution in [0.3, 0.4) is 0 Å². The summed E-state index contributed by atoms with van der Waals surface area (Å²) in [5, 5.41) is 0. The lowest BCUT2D eigenvalue weighted by Crippen LogP contribution is -2.54. The van der Waals surface area contributed by atoms with Crippen molar-refractivity contribution in [3.63, 3.8) is 0 Å². The molecule has 1 saturated carbocycles. The predicted molar refractivity (Wildman–Crippen MR) is 42.0 cm³/mol. The summed E-state index contributed by atoms with van der Waals surface area (Å²) in [6.45, 7) is 2.47. The van der Waals surface area contributed by atoms with E-state index in [1.54, 1.807) is 0 Å². The fraction of sp³-hybridized carbons (Fsp3) is 0.875. The van der Waals surface area contributed by atoms with Crippen molar-refractivity contribution >= 4 is 5.97 Å². The maximum Gasteiger partial charge on any atom is 0.326 e. The molecule has 0 aromatic carbocycles. The molecular formula is C8H15NO2. The highest BCUT2D eigenvalue weighted by atomic mass is 16.5. The number of ether oxygens (including phenoxy) is 1. The molecule has 0 aromatic heterocycles. The molecule has 1 aliphatic rings. The second kappa shape index (κ2) is 3.22. The van der Waals surface area contributed by atoms with Crippen LogP contribution in [0.1, 0.15) is 32.6 Å². The predicted octanol–water partition coefficient (Wildman–Crippen LogP) is 0.821. The van der Waals surface area contributed by atoms with Gasteiger partial charge in [0.2, 0.25) is 0 Å². The van der Waals surface area contributed by atoms with E-state index in [4.69, 9.17) is 10.5 Å². The molecule has 64 valence electrons. The number of esters is 1. The van der Waals surface area contributed by atoms with Crippen molar-refractivity contribution in [2.75, 3.05) is 6.61 Å². The summed E-state index contributed by atoms with van der Waals surface area (Å²) in [5.41, 5.74) is 5.08. The number of hydrogen-bond acceptors (Lipinski definition) is 3. The van der Waals surface area contributed by atoms with Gasteiger partial charge in [-0.3, -0.25) is 4.79 Å². The second-order valence-corrected chi connectivity index (χ2v) is 3.15. The van der Waals surface area contributed by atoms with E-state index in [9.17, 15) is 4.79 Å². The summed E-state index contributed by atoms with van der Waals surface area (Å²) < 4.78 is 4.93. The Bertz CT molecular complexity index is 152. The Labute approximate surface area is 66.9 Å². The standard InChI is InChI=1S/C8H15NO2/c1-2-6-11-7(10)8(9)4-3-5-8/h2-6,9H2,1H3. The topological polar surface area (TPSA) is 52.3 Å². The molecule has 0 saturated heterocycles. The van der Waals surface area contributed by atoms with Crippen molar-refractivity contribution < 1.29 is 9.53 Å². The van der Waals surface area contributed by atoms with Gasteiger partial charge in [0.25, 0.3) is 0 Å². The molecule has 3 nitrogen and oxygen atoms in total. The van der Waals surface area contributed by atoms with Gasteiger partial charge in [0.1, 0.15) is 5.54 Å². The smallest absolute Gasteiger partial charge is 0.326 e. The van der Waals surface area contributed by atoms with Crippen molar-refractivity contribution in [1.82, 2.24) is 0 Å². The average molecular weight is 157 g/mol. The van der Waals surface area contributed by atoms with Gasteiger partial charge in [-0.2, -0.15) is 0 Å². The molecule has 0 unspecified atom stereocenters. The van der Waals surface area contributed by atoms with Gasteiger partial charge in [-0.15, -0.1) is 0 Å². The van der Waals surface area contributed by atoms with Crippen molar-refractivity contribution in [1.29, 1.82) is 0 Å². The van der Waals surface area contributed by atoms with Gasteiger partial charge in [0.05, 0.1) is 6.61 Å². The van der Waals surface area contributed by atoms with Crippen LogP contribution in [0.15, 0.2) is 0 Å². The highest BCUT2D eigenvalue weighted by Gasteiger charge is 2.41. The third-order valence-electron chi connectivity index (χ3n) is 2.09. The third kappa shape index (κ3) is 1.71. The molecule has 0 spiro atoms. The lowest BCUT2D eigenvalue weighted by atomic mass is 9.78. The molecule has 1 aliphatic carbocycles. The maximum atomic E-state index is 11.2. The van der Waals surface area contributed by atoms with Crippen LogP contribution in [0.25, 0.3) is 0 Å². The Morgan fingerprint density at radius 2 is 2.27 bits per heavy atom. The van der Waals surface area contributed by atoms with Gasteiger partial charge in [0, 0.05) is 0 Å². The van der Waals surface area contributed by atoms with E-state index < -0.39 is 5.54 Å². The first-order valence-corrected chi connectivity index (χ1v) is 4.15. The molecule has 0 atom stereocenters. The molecule has 0 aliphatic heterocycles. The Morgan fingerprint density at radius 3 is 2.64 bits per heavy atom. The van der Waals surface area contributed by atoms with Gasteiger partial charge >= 0.3 is 5.97 Å². The summed E-state index contributed by atoms with van der Waals surface area (Å²) in [4.78, 5) is 11.2. The van der Waals surface area contributed by atoms with Gasteiger partial charge in [-0.25, -0.2) is 0 Å². The monoisotopic (exact) mass is 157 g/mol. The van der Waals surface area contributed by atoms with Crippen LogP contribution in [0.4, 0.5) is 0 Å². The van der Waals surface area contributed by atoms with Crippen molar-refractivity contribution in [3.05, 3.63) is 0 Å². The highest BCUT2D eigenvalue weighted by molar-refractivity contribution is 5.81. The van der Waals surface area contributed by atoms with Crippen LogP contribution in [0.2, 0.25) is 0 Å². The third-order valence-corrected chi connectivity index (χ3v) is 2.09. The summed E-state index contributed by atoms with van der Waals surface area (Å²) in [5.74, 6) is -0.217. The molecule has 11 heavy (non-hydrogen) atoms. The van der Waals surface area contributed by atoms with Crippen molar-refractivity contribution in [3.8, 4) is 0 Å². The zero-order chi connectivity index (χ0) is 8.32. The molecule has 0 radical (unpaired) electrons. The molecule has 1 rings (SSSR count). The minimum Gasteiger partial charge on any atom is -0.464 e. The maximum absolute atomic E-state index is 11.2. The van der Waals surface area contributed by atoms with Crippen LogP contribution < -0.4 is 5.73 Å². The Morgan fingerprint density at radius 1 is 1.64 bits per heavy atom. The van der Waals surface area contributed by atoms with Crippen LogP contribution in [0, 0.1) is 0 Å². The molecule has 0 heterocycles. The van der Waals surface area contributed by atoms with Gasteiger partial charge in [-0.05, 0) is 25.7 Å². The summed E-state index contributed by atoms with van der Waals surface area (Å²) in [6, 6.07) is 0. The van der Waals surface area contributed by atoms with Crippen LogP contribution >= 0.6 is 0 Å². The Balaban J connectivity index is 2.28. The SMILES string of the molecule is CCCOC(=O)C1(N)CCC1. The molecule has 2 N–H and O–H groups in total. The minimum atomic E-state index is -0.630. The van der Waals surface area contributed by atoms with E-state index in [2.05, 4.69) is 0 Å². The van der Waals surface area contributed by atoms with Crippen molar-refractivity contribution in [2.45, 2.75) is 38.1 Å². The number of carbonyl (C=O) groups excluding carboxylic acids is 1. The Hall–Kier alpha value is -0.570. The molecular weight excluding hydrogens is 142 g/mol. The van der Waals surface area contributed by atoms with Crippen molar-refractivity contribution in [2.24, 2.45) is 5.73 Å². The number of carbonyl (C=O) groups is 1. The summed E-state index contributed by atoms with van der Waals surface area (Å²) in [7, 11) is 0. The lowest BCUT2D eigenvalue weighted by Gasteiger charge is -2.34. The van der Waals surface area contributed by atoms with E-state index in [0.717, 1.165) is 25.7 Å². The molecule has 0 bridgehead atoms. The quantitative estimate of drug-likeness (QED) is 0.617. The number of rotatable bonds is 3. The summed E-state index contributed by atoms with van der Waals surface area (Å²) >= 11 is 0. The average Bonchev–Trinajstić information content (AvgIpc) is 1.95. The van der Waals surface area contributed by atoms with Crippen LogP contribution in [-0.4, -0.2) is 18.1 Å². The normalized spacial score (nSPS) is 20.5. The number of nitrogens with two attached hydrogens (primary N) is 1. The van der Waals surface area contributed by atoms with Gasteiger partial charge in [-0.1, -0.05) is 6.92 Å². The molecule has 1 fully saturated rings. The van der Waals surface area contributed by atoms with Gasteiger partial charge < -0.3 is 10.5 Å². The first-order valence-electron chi connectivity index (χ1n) is 4.15. The minimum absolute atomic E-state index is 0.217. The molecule has 0 amide bonds. The largest absolute Gasteiger partial charge is 0.464 e. The van der Waals surface area contributed by atoms with E-state index in [-0.39, 0.29) is 5.97 Å². The first kappa shape index (κ1) is 8.53. The van der Waals surface area contributed by atoms with E-state index in [1.807, 2.05) is 6.92 Å².